The zero-order chi connectivity index (χ0) is 28.1. The van der Waals surface area contributed by atoms with Crippen LogP contribution in [0.4, 0.5) is 0 Å². The summed E-state index contributed by atoms with van der Waals surface area (Å²) in [5, 5.41) is 5.71. The maximum atomic E-state index is 13.6. The summed E-state index contributed by atoms with van der Waals surface area (Å²) in [6.07, 6.45) is 2.56. The smallest absolute Gasteiger partial charge is 0.338 e. The molecule has 3 heterocycles. The number of rotatable bonds is 9. The highest BCUT2D eigenvalue weighted by Gasteiger charge is 2.42. The SMILES string of the molecule is CCOC(=O)C1=C(c2ccccc2)N=C2SC=C(CC(=O)NCCc3ccccn3)N2[C@@H]1c1ccc(C)cc1C. The predicted octanol–water partition coefficient (Wildman–Crippen LogP) is 5.72. The van der Waals surface area contributed by atoms with E-state index >= 15 is 0 Å². The Morgan fingerprint density at radius 1 is 1.05 bits per heavy atom. The molecule has 0 saturated heterocycles. The van der Waals surface area contributed by atoms with E-state index in [4.69, 9.17) is 9.73 Å². The molecule has 0 saturated carbocycles. The number of amidine groups is 1. The van der Waals surface area contributed by atoms with E-state index in [2.05, 4.69) is 35.4 Å². The highest BCUT2D eigenvalue weighted by atomic mass is 32.2. The van der Waals surface area contributed by atoms with Gasteiger partial charge in [-0.15, -0.1) is 0 Å². The number of carbonyl (C=O) groups is 2. The molecule has 1 aromatic heterocycles. The largest absolute Gasteiger partial charge is 0.463 e. The Bertz CT molecular complexity index is 1500. The van der Waals surface area contributed by atoms with Crippen LogP contribution in [0.25, 0.3) is 5.70 Å². The number of hydrogen-bond acceptors (Lipinski definition) is 7. The molecule has 1 atom stereocenters. The zero-order valence-corrected chi connectivity index (χ0v) is 23.7. The van der Waals surface area contributed by atoms with Crippen LogP contribution < -0.4 is 5.32 Å². The molecule has 0 unspecified atom stereocenters. The number of thioether (sulfide) groups is 1. The third-order valence-corrected chi connectivity index (χ3v) is 7.73. The van der Waals surface area contributed by atoms with Crippen LogP contribution in [-0.4, -0.2) is 40.1 Å². The number of carbonyl (C=O) groups excluding carboxylic acids is 2. The van der Waals surface area contributed by atoms with Crippen molar-refractivity contribution >= 4 is 34.5 Å². The van der Waals surface area contributed by atoms with Gasteiger partial charge in [-0.3, -0.25) is 9.78 Å². The summed E-state index contributed by atoms with van der Waals surface area (Å²) in [4.78, 5) is 38.0. The number of benzene rings is 2. The first-order valence-electron chi connectivity index (χ1n) is 13.4. The molecule has 204 valence electrons. The summed E-state index contributed by atoms with van der Waals surface area (Å²) in [7, 11) is 0. The number of ether oxygens (including phenoxy) is 1. The highest BCUT2D eigenvalue weighted by molar-refractivity contribution is 8.16. The monoisotopic (exact) mass is 552 g/mol. The van der Waals surface area contributed by atoms with Crippen molar-refractivity contribution in [2.75, 3.05) is 13.2 Å². The van der Waals surface area contributed by atoms with Gasteiger partial charge < -0.3 is 15.0 Å². The first kappa shape index (κ1) is 27.4. The average Bonchev–Trinajstić information content (AvgIpc) is 3.35. The second-order valence-electron chi connectivity index (χ2n) is 9.70. The fraction of sp³-hybridized carbons (Fsp3) is 0.250. The van der Waals surface area contributed by atoms with Crippen molar-refractivity contribution in [3.05, 3.63) is 118 Å². The third kappa shape index (κ3) is 5.87. The van der Waals surface area contributed by atoms with Crippen LogP contribution in [0, 0.1) is 13.8 Å². The van der Waals surface area contributed by atoms with Gasteiger partial charge in [0.1, 0.15) is 0 Å². The quantitative estimate of drug-likeness (QED) is 0.342. The van der Waals surface area contributed by atoms with E-state index in [0.29, 0.717) is 24.2 Å². The molecule has 2 aliphatic heterocycles. The molecule has 1 N–H and O–H groups in total. The Kier molecular flexibility index (Phi) is 8.45. The highest BCUT2D eigenvalue weighted by Crippen LogP contribution is 2.47. The molecule has 7 nitrogen and oxygen atoms in total. The lowest BCUT2D eigenvalue weighted by Gasteiger charge is -2.37. The molecule has 2 aromatic carbocycles. The van der Waals surface area contributed by atoms with Gasteiger partial charge in [-0.1, -0.05) is 71.9 Å². The molecule has 1 amide bonds. The van der Waals surface area contributed by atoms with Crippen LogP contribution in [-0.2, 0) is 20.7 Å². The van der Waals surface area contributed by atoms with Gasteiger partial charge in [-0.2, -0.15) is 0 Å². The van der Waals surface area contributed by atoms with E-state index in [1.165, 1.54) is 11.8 Å². The summed E-state index contributed by atoms with van der Waals surface area (Å²) in [6.45, 7) is 6.64. The average molecular weight is 553 g/mol. The van der Waals surface area contributed by atoms with E-state index in [0.717, 1.165) is 38.8 Å². The molecular weight excluding hydrogens is 520 g/mol. The number of nitrogens with zero attached hydrogens (tertiary/aromatic N) is 3. The van der Waals surface area contributed by atoms with Gasteiger partial charge in [0.15, 0.2) is 5.17 Å². The number of fused-ring (bicyclic) bond motifs is 1. The lowest BCUT2D eigenvalue weighted by Crippen LogP contribution is -2.38. The summed E-state index contributed by atoms with van der Waals surface area (Å²) in [5.74, 6) is -0.510. The lowest BCUT2D eigenvalue weighted by molar-refractivity contribution is -0.139. The molecule has 5 rings (SSSR count). The number of nitrogens with one attached hydrogen (secondary N) is 1. The zero-order valence-electron chi connectivity index (χ0n) is 22.9. The van der Waals surface area contributed by atoms with E-state index < -0.39 is 12.0 Å². The van der Waals surface area contributed by atoms with Crippen molar-refractivity contribution in [1.82, 2.24) is 15.2 Å². The normalized spacial score (nSPS) is 16.3. The molecule has 3 aromatic rings. The molecule has 0 fully saturated rings. The van der Waals surface area contributed by atoms with Gasteiger partial charge in [0, 0.05) is 36.1 Å². The summed E-state index contributed by atoms with van der Waals surface area (Å²) in [6, 6.07) is 21.2. The standard InChI is InChI=1S/C32H32N4O3S/c1-4-39-31(38)28-29(23-10-6-5-7-11-23)35-32-36(30(28)26-14-13-21(2)18-22(26)3)25(20-40-32)19-27(37)34-17-15-24-12-8-9-16-33-24/h5-14,16,18,20,30H,4,15,17,19H2,1-3H3,(H,34,37)/t30-/m1/s1. The third-order valence-electron chi connectivity index (χ3n) is 6.84. The van der Waals surface area contributed by atoms with Crippen LogP contribution in [0.3, 0.4) is 0 Å². The summed E-state index contributed by atoms with van der Waals surface area (Å²) in [5.41, 5.74) is 6.78. The van der Waals surface area contributed by atoms with Crippen LogP contribution in [0.15, 0.2) is 94.6 Å². The fourth-order valence-electron chi connectivity index (χ4n) is 5.02. The minimum atomic E-state index is -0.495. The van der Waals surface area contributed by atoms with Crippen molar-refractivity contribution in [1.29, 1.82) is 0 Å². The number of aryl methyl sites for hydroxylation is 2. The Morgan fingerprint density at radius 3 is 2.58 bits per heavy atom. The van der Waals surface area contributed by atoms with Gasteiger partial charge in [0.05, 0.1) is 30.3 Å². The van der Waals surface area contributed by atoms with Gasteiger partial charge in [-0.05, 0) is 49.4 Å². The topological polar surface area (TPSA) is 83.9 Å². The van der Waals surface area contributed by atoms with Crippen molar-refractivity contribution in [3.63, 3.8) is 0 Å². The molecule has 0 radical (unpaired) electrons. The molecular formula is C32H32N4O3S. The lowest BCUT2D eigenvalue weighted by atomic mass is 9.88. The maximum absolute atomic E-state index is 13.6. The minimum Gasteiger partial charge on any atom is -0.463 e. The van der Waals surface area contributed by atoms with Crippen LogP contribution in [0.1, 0.15) is 47.3 Å². The Labute approximate surface area is 239 Å². The number of esters is 1. The van der Waals surface area contributed by atoms with E-state index in [1.807, 2.05) is 65.8 Å². The van der Waals surface area contributed by atoms with Crippen LogP contribution >= 0.6 is 11.8 Å². The molecule has 0 spiro atoms. The van der Waals surface area contributed by atoms with Crippen LogP contribution in [0.2, 0.25) is 0 Å². The molecule has 0 bridgehead atoms. The second-order valence-corrected chi connectivity index (χ2v) is 10.5. The number of aliphatic imine (C=N–C) groups is 1. The number of amides is 1. The number of pyridine rings is 1. The molecule has 0 aliphatic carbocycles. The summed E-state index contributed by atoms with van der Waals surface area (Å²) < 4.78 is 5.60. The van der Waals surface area contributed by atoms with E-state index in [9.17, 15) is 9.59 Å². The molecule has 8 heteroatoms. The molecule has 40 heavy (non-hydrogen) atoms. The first-order valence-corrected chi connectivity index (χ1v) is 14.3. The fourth-order valence-corrected chi connectivity index (χ4v) is 5.94. The predicted molar refractivity (Wildman–Crippen MR) is 159 cm³/mol. The van der Waals surface area contributed by atoms with E-state index in [1.54, 1.807) is 13.1 Å². The molecule has 2 aliphatic rings. The maximum Gasteiger partial charge on any atom is 0.338 e. The number of hydrogen-bond donors (Lipinski definition) is 1. The van der Waals surface area contributed by atoms with Crippen molar-refractivity contribution < 1.29 is 14.3 Å². The Morgan fingerprint density at radius 2 is 1.85 bits per heavy atom. The first-order chi connectivity index (χ1) is 19.5. The van der Waals surface area contributed by atoms with Crippen molar-refractivity contribution in [3.8, 4) is 0 Å². The minimum absolute atomic E-state index is 0.0982. The van der Waals surface area contributed by atoms with E-state index in [-0.39, 0.29) is 18.9 Å². The van der Waals surface area contributed by atoms with Crippen LogP contribution in [0.5, 0.6) is 0 Å². The van der Waals surface area contributed by atoms with Crippen molar-refractivity contribution in [2.45, 2.75) is 39.7 Å². The van der Waals surface area contributed by atoms with Gasteiger partial charge in [0.25, 0.3) is 0 Å². The number of aromatic nitrogens is 1. The second kappa shape index (κ2) is 12.3. The Hall–Kier alpha value is -4.17. The van der Waals surface area contributed by atoms with Gasteiger partial charge in [0.2, 0.25) is 5.91 Å². The summed E-state index contributed by atoms with van der Waals surface area (Å²) >= 11 is 1.47. The van der Waals surface area contributed by atoms with Gasteiger partial charge >= 0.3 is 5.97 Å². The van der Waals surface area contributed by atoms with Gasteiger partial charge in [-0.25, -0.2) is 9.79 Å². The van der Waals surface area contributed by atoms with Crippen molar-refractivity contribution in [2.24, 2.45) is 4.99 Å². The Balaban J connectivity index is 1.50.